The van der Waals surface area contributed by atoms with Gasteiger partial charge in [-0.1, -0.05) is 30.0 Å². The SMILES string of the molecule is CC(C)(C)OC(=O)n1c(SCC(=O)Nc2ccccc2)nnc1-c1cncc(C(F)(F)F)c1. The molecule has 1 aromatic carbocycles. The van der Waals surface area contributed by atoms with Gasteiger partial charge >= 0.3 is 12.3 Å². The molecule has 2 heterocycles. The summed E-state index contributed by atoms with van der Waals surface area (Å²) < 4.78 is 45.7. The summed E-state index contributed by atoms with van der Waals surface area (Å²) in [6.45, 7) is 4.92. The first-order chi connectivity index (χ1) is 15.4. The van der Waals surface area contributed by atoms with Crippen molar-refractivity contribution in [2.24, 2.45) is 0 Å². The number of carbonyl (C=O) groups is 2. The fourth-order valence-electron chi connectivity index (χ4n) is 2.59. The van der Waals surface area contributed by atoms with E-state index in [0.29, 0.717) is 11.9 Å². The summed E-state index contributed by atoms with van der Waals surface area (Å²) in [7, 11) is 0. The molecular weight excluding hydrogens is 459 g/mol. The second-order valence-corrected chi connectivity index (χ2v) is 8.73. The maximum atomic E-state index is 13.1. The summed E-state index contributed by atoms with van der Waals surface area (Å²) in [5.41, 5.74) is -1.39. The molecule has 0 radical (unpaired) electrons. The van der Waals surface area contributed by atoms with Crippen LogP contribution in [-0.2, 0) is 15.7 Å². The summed E-state index contributed by atoms with van der Waals surface area (Å²) >= 11 is 0.888. The zero-order chi connectivity index (χ0) is 24.2. The Morgan fingerprint density at radius 3 is 2.42 bits per heavy atom. The van der Waals surface area contributed by atoms with Gasteiger partial charge < -0.3 is 10.1 Å². The second kappa shape index (κ2) is 9.61. The summed E-state index contributed by atoms with van der Waals surface area (Å²) in [6, 6.07) is 9.57. The smallest absolute Gasteiger partial charge is 0.422 e. The van der Waals surface area contributed by atoms with Crippen molar-refractivity contribution in [1.82, 2.24) is 19.7 Å². The molecule has 0 fully saturated rings. The molecule has 1 N–H and O–H groups in total. The van der Waals surface area contributed by atoms with E-state index in [4.69, 9.17) is 4.74 Å². The summed E-state index contributed by atoms with van der Waals surface area (Å²) in [5.74, 6) is -0.683. The molecular formula is C21H20F3N5O3S. The number of hydrogen-bond donors (Lipinski definition) is 1. The van der Waals surface area contributed by atoms with Crippen LogP contribution in [0, 0.1) is 0 Å². The predicted molar refractivity (Wildman–Crippen MR) is 116 cm³/mol. The highest BCUT2D eigenvalue weighted by Crippen LogP contribution is 2.32. The van der Waals surface area contributed by atoms with Gasteiger partial charge in [-0.05, 0) is 39.0 Å². The quantitative estimate of drug-likeness (QED) is 0.521. The van der Waals surface area contributed by atoms with E-state index in [-0.39, 0.29) is 28.2 Å². The van der Waals surface area contributed by atoms with Crippen molar-refractivity contribution >= 4 is 29.4 Å². The molecule has 12 heteroatoms. The third kappa shape index (κ3) is 6.54. The Morgan fingerprint density at radius 1 is 1.09 bits per heavy atom. The number of hydrogen-bond acceptors (Lipinski definition) is 7. The number of ether oxygens (including phenoxy) is 1. The van der Waals surface area contributed by atoms with E-state index in [1.165, 1.54) is 0 Å². The standard InChI is InChI=1S/C21H20F3N5O3S/c1-20(2,3)32-19(31)29-17(13-9-14(11-25-10-13)21(22,23)24)27-28-18(29)33-12-16(30)26-15-7-5-4-6-8-15/h4-11H,12H2,1-3H3,(H,26,30). The maximum absolute atomic E-state index is 13.1. The Labute approximate surface area is 191 Å². The van der Waals surface area contributed by atoms with Crippen LogP contribution in [0.2, 0.25) is 0 Å². The van der Waals surface area contributed by atoms with Crippen LogP contribution in [0.15, 0.2) is 53.9 Å². The Hall–Kier alpha value is -3.41. The number of anilines is 1. The Morgan fingerprint density at radius 2 is 1.79 bits per heavy atom. The molecule has 0 aliphatic carbocycles. The zero-order valence-corrected chi connectivity index (χ0v) is 18.7. The highest BCUT2D eigenvalue weighted by molar-refractivity contribution is 7.99. The van der Waals surface area contributed by atoms with Gasteiger partial charge in [-0.3, -0.25) is 9.78 Å². The van der Waals surface area contributed by atoms with Gasteiger partial charge in [-0.15, -0.1) is 10.2 Å². The molecule has 0 aliphatic heterocycles. The first-order valence-corrected chi connectivity index (χ1v) is 10.6. The number of pyridine rings is 1. The molecule has 174 valence electrons. The van der Waals surface area contributed by atoms with E-state index < -0.39 is 23.4 Å². The first kappa shape index (κ1) is 24.2. The van der Waals surface area contributed by atoms with Gasteiger partial charge in [0.25, 0.3) is 0 Å². The molecule has 0 unspecified atom stereocenters. The third-order valence-electron chi connectivity index (χ3n) is 3.92. The number of rotatable bonds is 5. The minimum absolute atomic E-state index is 0.0140. The van der Waals surface area contributed by atoms with Gasteiger partial charge in [-0.25, -0.2) is 9.36 Å². The minimum atomic E-state index is -4.63. The number of nitrogens with zero attached hydrogens (tertiary/aromatic N) is 4. The molecule has 2 aromatic heterocycles. The van der Waals surface area contributed by atoms with Gasteiger partial charge in [0.1, 0.15) is 5.60 Å². The molecule has 8 nitrogen and oxygen atoms in total. The number of nitrogens with one attached hydrogen (secondary N) is 1. The predicted octanol–water partition coefficient (Wildman–Crippen LogP) is 4.87. The van der Waals surface area contributed by atoms with Gasteiger partial charge in [0, 0.05) is 23.6 Å². The van der Waals surface area contributed by atoms with E-state index in [1.54, 1.807) is 51.1 Å². The number of para-hydroxylation sites is 1. The monoisotopic (exact) mass is 479 g/mol. The first-order valence-electron chi connectivity index (χ1n) is 9.63. The van der Waals surface area contributed by atoms with E-state index in [9.17, 15) is 22.8 Å². The topological polar surface area (TPSA) is 99.0 Å². The van der Waals surface area contributed by atoms with Crippen molar-refractivity contribution in [2.75, 3.05) is 11.1 Å². The molecule has 33 heavy (non-hydrogen) atoms. The van der Waals surface area contributed by atoms with Crippen LogP contribution in [0.25, 0.3) is 11.4 Å². The highest BCUT2D eigenvalue weighted by Gasteiger charge is 2.32. The van der Waals surface area contributed by atoms with E-state index in [0.717, 1.165) is 28.6 Å². The maximum Gasteiger partial charge on any atom is 0.422 e. The van der Waals surface area contributed by atoms with Crippen LogP contribution in [0.1, 0.15) is 26.3 Å². The van der Waals surface area contributed by atoms with Gasteiger partial charge in [-0.2, -0.15) is 13.2 Å². The van der Waals surface area contributed by atoms with E-state index in [1.807, 2.05) is 0 Å². The molecule has 0 spiro atoms. The number of carbonyl (C=O) groups excluding carboxylic acids is 2. The molecule has 0 bridgehead atoms. The van der Waals surface area contributed by atoms with Crippen molar-refractivity contribution in [3.8, 4) is 11.4 Å². The third-order valence-corrected chi connectivity index (χ3v) is 4.85. The Balaban J connectivity index is 1.90. The van der Waals surface area contributed by atoms with Gasteiger partial charge in [0.2, 0.25) is 11.1 Å². The normalized spacial score (nSPS) is 11.8. The lowest BCUT2D eigenvalue weighted by atomic mass is 10.2. The summed E-state index contributed by atoms with van der Waals surface area (Å²) in [5, 5.41) is 10.5. The van der Waals surface area contributed by atoms with Gasteiger partial charge in [0.05, 0.1) is 11.3 Å². The van der Waals surface area contributed by atoms with Crippen molar-refractivity contribution in [2.45, 2.75) is 37.7 Å². The van der Waals surface area contributed by atoms with Crippen LogP contribution < -0.4 is 5.32 Å². The minimum Gasteiger partial charge on any atom is -0.443 e. The van der Waals surface area contributed by atoms with Crippen molar-refractivity contribution in [3.63, 3.8) is 0 Å². The fraction of sp³-hybridized carbons (Fsp3) is 0.286. The number of thioether (sulfide) groups is 1. The van der Waals surface area contributed by atoms with Crippen molar-refractivity contribution in [3.05, 3.63) is 54.4 Å². The highest BCUT2D eigenvalue weighted by atomic mass is 32.2. The Bertz CT molecular complexity index is 1140. The lowest BCUT2D eigenvalue weighted by molar-refractivity contribution is -0.137. The molecule has 0 atom stereocenters. The lowest BCUT2D eigenvalue weighted by Gasteiger charge is -2.20. The lowest BCUT2D eigenvalue weighted by Crippen LogP contribution is -2.28. The van der Waals surface area contributed by atoms with Crippen LogP contribution in [0.4, 0.5) is 23.7 Å². The van der Waals surface area contributed by atoms with Crippen LogP contribution in [0.5, 0.6) is 0 Å². The van der Waals surface area contributed by atoms with Crippen LogP contribution >= 0.6 is 11.8 Å². The summed E-state index contributed by atoms with van der Waals surface area (Å²) in [6.07, 6.45) is -3.73. The average Bonchev–Trinajstić information content (AvgIpc) is 3.15. The molecule has 0 saturated carbocycles. The van der Waals surface area contributed by atoms with E-state index >= 15 is 0 Å². The van der Waals surface area contributed by atoms with Gasteiger partial charge in [0.15, 0.2) is 5.82 Å². The number of amides is 1. The average molecular weight is 479 g/mol. The summed E-state index contributed by atoms with van der Waals surface area (Å²) in [4.78, 5) is 28.8. The number of aromatic nitrogens is 4. The second-order valence-electron chi connectivity index (χ2n) is 7.78. The van der Waals surface area contributed by atoms with Crippen LogP contribution in [0.3, 0.4) is 0 Å². The molecule has 3 aromatic rings. The molecule has 3 rings (SSSR count). The van der Waals surface area contributed by atoms with Crippen molar-refractivity contribution < 1.29 is 27.5 Å². The molecule has 1 amide bonds. The number of halogens is 3. The number of alkyl halides is 3. The fourth-order valence-corrected chi connectivity index (χ4v) is 3.31. The van der Waals surface area contributed by atoms with E-state index in [2.05, 4.69) is 20.5 Å². The molecule has 0 saturated heterocycles. The van der Waals surface area contributed by atoms with Crippen LogP contribution in [-0.4, -0.2) is 43.1 Å². The largest absolute Gasteiger partial charge is 0.443 e. The van der Waals surface area contributed by atoms with Crippen molar-refractivity contribution in [1.29, 1.82) is 0 Å². The zero-order valence-electron chi connectivity index (χ0n) is 17.9. The Kier molecular flexibility index (Phi) is 7.06. The number of benzene rings is 1. The molecule has 0 aliphatic rings.